The van der Waals surface area contributed by atoms with Crippen molar-refractivity contribution in [2.45, 2.75) is 0 Å². The van der Waals surface area contributed by atoms with Gasteiger partial charge in [-0.15, -0.1) is 0 Å². The lowest BCUT2D eigenvalue weighted by molar-refractivity contribution is 0.179. The van der Waals surface area contributed by atoms with Crippen molar-refractivity contribution in [1.82, 2.24) is 9.91 Å². The number of hydrogen-bond donors (Lipinski definition) is 2. The van der Waals surface area contributed by atoms with E-state index in [9.17, 15) is 4.39 Å². The molecular formula is C12H17FN4S. The van der Waals surface area contributed by atoms with E-state index in [2.05, 4.69) is 22.4 Å². The summed E-state index contributed by atoms with van der Waals surface area (Å²) in [5.41, 5.74) is 9.62. The van der Waals surface area contributed by atoms with Crippen molar-refractivity contribution >= 4 is 22.9 Å². The van der Waals surface area contributed by atoms with Crippen LogP contribution >= 0.6 is 12.2 Å². The molecule has 4 nitrogen and oxygen atoms in total. The summed E-state index contributed by atoms with van der Waals surface area (Å²) in [7, 11) is 2.09. The largest absolute Gasteiger partial charge is 0.389 e. The Labute approximate surface area is 112 Å². The summed E-state index contributed by atoms with van der Waals surface area (Å²) in [6.45, 7) is 3.82. The van der Waals surface area contributed by atoms with Crippen molar-refractivity contribution in [3.63, 3.8) is 0 Å². The van der Waals surface area contributed by atoms with Crippen LogP contribution in [0.1, 0.15) is 5.56 Å². The number of hydrogen-bond acceptors (Lipinski definition) is 4. The minimum absolute atomic E-state index is 0.0821. The van der Waals surface area contributed by atoms with Gasteiger partial charge in [0, 0.05) is 31.7 Å². The standard InChI is InChI=1S/C12H17FN4S/c1-16-4-6-17(7-5-16)15-9-2-3-10(12(14)18)11(13)8-9/h2-3,8,15H,4-7H2,1H3,(H2,14,18). The van der Waals surface area contributed by atoms with Crippen LogP contribution in [-0.2, 0) is 0 Å². The van der Waals surface area contributed by atoms with Crippen molar-refractivity contribution in [2.75, 3.05) is 38.7 Å². The molecule has 0 amide bonds. The number of likely N-dealkylation sites (N-methyl/N-ethyl adjacent to an activating group) is 1. The number of nitrogens with two attached hydrogens (primary N) is 1. The Morgan fingerprint density at radius 2 is 2.00 bits per heavy atom. The van der Waals surface area contributed by atoms with E-state index in [4.69, 9.17) is 18.0 Å². The Balaban J connectivity index is 2.02. The minimum Gasteiger partial charge on any atom is -0.389 e. The molecule has 1 fully saturated rings. The summed E-state index contributed by atoms with van der Waals surface area (Å²) in [4.78, 5) is 2.34. The Kier molecular flexibility index (Phi) is 4.11. The molecule has 0 aliphatic carbocycles. The van der Waals surface area contributed by atoms with Crippen LogP contribution in [0.3, 0.4) is 0 Å². The van der Waals surface area contributed by atoms with Gasteiger partial charge < -0.3 is 16.1 Å². The molecule has 6 heteroatoms. The number of benzene rings is 1. The molecule has 98 valence electrons. The summed E-state index contributed by atoms with van der Waals surface area (Å²) in [5, 5.41) is 2.08. The van der Waals surface area contributed by atoms with Crippen molar-refractivity contribution in [3.05, 3.63) is 29.6 Å². The van der Waals surface area contributed by atoms with Crippen LogP contribution in [0.25, 0.3) is 0 Å². The lowest BCUT2D eigenvalue weighted by Gasteiger charge is -2.33. The Morgan fingerprint density at radius 3 is 2.56 bits per heavy atom. The lowest BCUT2D eigenvalue weighted by atomic mass is 10.2. The maximum absolute atomic E-state index is 13.7. The first kappa shape index (κ1) is 13.2. The van der Waals surface area contributed by atoms with Crippen molar-refractivity contribution in [3.8, 4) is 0 Å². The van der Waals surface area contributed by atoms with Crippen LogP contribution < -0.4 is 11.2 Å². The zero-order valence-corrected chi connectivity index (χ0v) is 11.1. The summed E-state index contributed by atoms with van der Waals surface area (Å²) in [6.07, 6.45) is 0. The highest BCUT2D eigenvalue weighted by molar-refractivity contribution is 7.80. The van der Waals surface area contributed by atoms with Gasteiger partial charge in [-0.25, -0.2) is 9.40 Å². The fourth-order valence-corrected chi connectivity index (χ4v) is 2.05. The molecule has 0 bridgehead atoms. The summed E-state index contributed by atoms with van der Waals surface area (Å²) in [6, 6.07) is 4.82. The van der Waals surface area contributed by atoms with Gasteiger partial charge in [-0.1, -0.05) is 12.2 Å². The third kappa shape index (κ3) is 3.16. The number of nitrogens with one attached hydrogen (secondary N) is 1. The number of hydrazine groups is 1. The highest BCUT2D eigenvalue weighted by Crippen LogP contribution is 2.15. The summed E-state index contributed by atoms with van der Waals surface area (Å²) >= 11 is 4.77. The van der Waals surface area contributed by atoms with E-state index in [1.165, 1.54) is 6.07 Å². The van der Waals surface area contributed by atoms with Gasteiger partial charge in [0.25, 0.3) is 0 Å². The molecule has 0 spiro atoms. The van der Waals surface area contributed by atoms with Gasteiger partial charge in [0.1, 0.15) is 10.8 Å². The molecule has 1 aliphatic rings. The fraction of sp³-hybridized carbons (Fsp3) is 0.417. The predicted molar refractivity (Wildman–Crippen MR) is 75.0 cm³/mol. The van der Waals surface area contributed by atoms with Gasteiger partial charge in [0.05, 0.1) is 5.69 Å². The third-order valence-electron chi connectivity index (χ3n) is 3.03. The highest BCUT2D eigenvalue weighted by Gasteiger charge is 2.14. The first-order valence-corrected chi connectivity index (χ1v) is 6.26. The van der Waals surface area contributed by atoms with E-state index in [-0.39, 0.29) is 16.4 Å². The average molecular weight is 268 g/mol. The molecule has 0 atom stereocenters. The topological polar surface area (TPSA) is 44.5 Å². The molecule has 0 saturated carbocycles. The van der Waals surface area contributed by atoms with Crippen LogP contribution in [0.4, 0.5) is 10.1 Å². The first-order valence-electron chi connectivity index (χ1n) is 5.86. The first-order chi connectivity index (χ1) is 8.56. The Hall–Kier alpha value is -1.24. The van der Waals surface area contributed by atoms with E-state index >= 15 is 0 Å². The van der Waals surface area contributed by atoms with Crippen LogP contribution in [0, 0.1) is 5.82 Å². The van der Waals surface area contributed by atoms with Crippen molar-refractivity contribution in [1.29, 1.82) is 0 Å². The number of rotatable bonds is 3. The lowest BCUT2D eigenvalue weighted by Crippen LogP contribution is -2.46. The van der Waals surface area contributed by atoms with Crippen LogP contribution in [0.5, 0.6) is 0 Å². The zero-order chi connectivity index (χ0) is 13.1. The van der Waals surface area contributed by atoms with Crippen LogP contribution in [-0.4, -0.2) is 48.1 Å². The molecule has 18 heavy (non-hydrogen) atoms. The molecule has 0 radical (unpaired) electrons. The number of nitrogens with zero attached hydrogens (tertiary/aromatic N) is 2. The smallest absolute Gasteiger partial charge is 0.135 e. The fourth-order valence-electron chi connectivity index (χ4n) is 1.89. The monoisotopic (exact) mass is 268 g/mol. The van der Waals surface area contributed by atoms with Gasteiger partial charge in [-0.3, -0.25) is 0 Å². The van der Waals surface area contributed by atoms with E-state index < -0.39 is 0 Å². The molecular weight excluding hydrogens is 251 g/mol. The zero-order valence-electron chi connectivity index (χ0n) is 10.3. The predicted octanol–water partition coefficient (Wildman–Crippen LogP) is 1.03. The quantitative estimate of drug-likeness (QED) is 0.802. The van der Waals surface area contributed by atoms with Gasteiger partial charge in [0.2, 0.25) is 0 Å². The minimum atomic E-state index is -0.387. The van der Waals surface area contributed by atoms with Crippen LogP contribution in [0.15, 0.2) is 18.2 Å². The van der Waals surface area contributed by atoms with Gasteiger partial charge in [0.15, 0.2) is 0 Å². The molecule has 1 heterocycles. The van der Waals surface area contributed by atoms with Crippen LogP contribution in [0.2, 0.25) is 0 Å². The van der Waals surface area contributed by atoms with Crippen molar-refractivity contribution < 1.29 is 4.39 Å². The van der Waals surface area contributed by atoms with Gasteiger partial charge in [-0.05, 0) is 25.2 Å². The molecule has 3 N–H and O–H groups in total. The molecule has 0 unspecified atom stereocenters. The number of piperazine rings is 1. The SMILES string of the molecule is CN1CCN(Nc2ccc(C(N)=S)c(F)c2)CC1. The molecule has 1 aliphatic heterocycles. The molecule has 2 rings (SSSR count). The maximum atomic E-state index is 13.7. The van der Waals surface area contributed by atoms with E-state index in [0.29, 0.717) is 0 Å². The summed E-state index contributed by atoms with van der Waals surface area (Å²) < 4.78 is 13.7. The normalized spacial score (nSPS) is 17.7. The molecule has 1 aromatic carbocycles. The van der Waals surface area contributed by atoms with Gasteiger partial charge in [-0.2, -0.15) is 0 Å². The molecule has 1 aromatic rings. The number of halogens is 1. The second-order valence-corrected chi connectivity index (χ2v) is 4.90. The van der Waals surface area contributed by atoms with Crippen molar-refractivity contribution in [2.24, 2.45) is 5.73 Å². The third-order valence-corrected chi connectivity index (χ3v) is 3.24. The van der Waals surface area contributed by atoms with E-state index in [1.807, 2.05) is 0 Å². The van der Waals surface area contributed by atoms with E-state index in [1.54, 1.807) is 12.1 Å². The Bertz CT molecular complexity index is 444. The second-order valence-electron chi connectivity index (χ2n) is 4.46. The highest BCUT2D eigenvalue weighted by atomic mass is 32.1. The number of anilines is 1. The Morgan fingerprint density at radius 1 is 1.33 bits per heavy atom. The molecule has 0 aromatic heterocycles. The molecule has 1 saturated heterocycles. The second kappa shape index (κ2) is 5.60. The van der Waals surface area contributed by atoms with E-state index in [0.717, 1.165) is 31.9 Å². The summed E-state index contributed by atoms with van der Waals surface area (Å²) in [5.74, 6) is -0.387. The van der Waals surface area contributed by atoms with Gasteiger partial charge >= 0.3 is 0 Å². The maximum Gasteiger partial charge on any atom is 0.135 e. The average Bonchev–Trinajstić information content (AvgIpc) is 2.32. The number of thiocarbonyl (C=S) groups is 1.